The maximum absolute atomic E-state index is 5.98. The summed E-state index contributed by atoms with van der Waals surface area (Å²) in [5, 5.41) is 0. The van der Waals surface area contributed by atoms with Gasteiger partial charge in [-0.25, -0.2) is 0 Å². The number of benzene rings is 2. The van der Waals surface area contributed by atoms with E-state index in [2.05, 4.69) is 45.1 Å². The van der Waals surface area contributed by atoms with Crippen molar-refractivity contribution in [3.05, 3.63) is 58.1 Å². The summed E-state index contributed by atoms with van der Waals surface area (Å²) >= 11 is 3.54. The molecule has 0 bridgehead atoms. The van der Waals surface area contributed by atoms with Gasteiger partial charge in [0, 0.05) is 29.7 Å². The number of rotatable bonds is 3. The SMILES string of the molecule is Brc1cccc([C@@H]2CN(Cc3cccc4c3OCCO4)CCO2)c1. The minimum atomic E-state index is 0.105. The van der Waals surface area contributed by atoms with Crippen LogP contribution in [-0.2, 0) is 11.3 Å². The third kappa shape index (κ3) is 3.43. The van der Waals surface area contributed by atoms with Gasteiger partial charge in [-0.2, -0.15) is 0 Å². The number of morpholine rings is 1. The molecule has 0 aromatic heterocycles. The fourth-order valence-corrected chi connectivity index (χ4v) is 3.67. The largest absolute Gasteiger partial charge is 0.486 e. The lowest BCUT2D eigenvalue weighted by atomic mass is 10.1. The topological polar surface area (TPSA) is 30.9 Å². The summed E-state index contributed by atoms with van der Waals surface area (Å²) in [6.07, 6.45) is 0.105. The number of ether oxygens (including phenoxy) is 3. The van der Waals surface area contributed by atoms with Crippen molar-refractivity contribution in [2.45, 2.75) is 12.6 Å². The number of fused-ring (bicyclic) bond motifs is 1. The molecule has 0 spiro atoms. The molecule has 1 atom stereocenters. The van der Waals surface area contributed by atoms with Gasteiger partial charge in [0.1, 0.15) is 13.2 Å². The highest BCUT2D eigenvalue weighted by Crippen LogP contribution is 2.35. The Hall–Kier alpha value is -1.56. The first kappa shape index (κ1) is 15.9. The van der Waals surface area contributed by atoms with Crippen molar-refractivity contribution in [2.24, 2.45) is 0 Å². The van der Waals surface area contributed by atoms with Gasteiger partial charge in [-0.3, -0.25) is 4.90 Å². The Balaban J connectivity index is 1.49. The van der Waals surface area contributed by atoms with Crippen molar-refractivity contribution in [1.82, 2.24) is 4.90 Å². The molecule has 4 rings (SSSR count). The summed E-state index contributed by atoms with van der Waals surface area (Å²) in [7, 11) is 0. The maximum Gasteiger partial charge on any atom is 0.165 e. The number of para-hydroxylation sites is 1. The van der Waals surface area contributed by atoms with Gasteiger partial charge in [0.15, 0.2) is 11.5 Å². The summed E-state index contributed by atoms with van der Waals surface area (Å²) in [4.78, 5) is 2.42. The van der Waals surface area contributed by atoms with Crippen molar-refractivity contribution < 1.29 is 14.2 Å². The zero-order valence-electron chi connectivity index (χ0n) is 13.4. The van der Waals surface area contributed by atoms with Gasteiger partial charge in [0.25, 0.3) is 0 Å². The minimum absolute atomic E-state index is 0.105. The van der Waals surface area contributed by atoms with Crippen LogP contribution in [0.5, 0.6) is 11.5 Å². The van der Waals surface area contributed by atoms with Crippen LogP contribution in [-0.4, -0.2) is 37.8 Å². The average Bonchev–Trinajstić information content (AvgIpc) is 2.62. The van der Waals surface area contributed by atoms with Crippen molar-refractivity contribution in [1.29, 1.82) is 0 Å². The van der Waals surface area contributed by atoms with Crippen molar-refractivity contribution in [3.8, 4) is 11.5 Å². The molecule has 0 N–H and O–H groups in total. The first-order chi connectivity index (χ1) is 11.8. The van der Waals surface area contributed by atoms with Crippen molar-refractivity contribution in [3.63, 3.8) is 0 Å². The summed E-state index contributed by atoms with van der Waals surface area (Å²) in [5.41, 5.74) is 2.39. The lowest BCUT2D eigenvalue weighted by molar-refractivity contribution is -0.0332. The zero-order chi connectivity index (χ0) is 16.4. The van der Waals surface area contributed by atoms with Crippen LogP contribution in [0.15, 0.2) is 46.9 Å². The molecule has 1 saturated heterocycles. The van der Waals surface area contributed by atoms with E-state index in [0.717, 1.165) is 42.2 Å². The van der Waals surface area contributed by atoms with E-state index in [-0.39, 0.29) is 6.10 Å². The quantitative estimate of drug-likeness (QED) is 0.798. The first-order valence-electron chi connectivity index (χ1n) is 8.26. The third-order valence-electron chi connectivity index (χ3n) is 4.41. The second-order valence-corrected chi connectivity index (χ2v) is 7.01. The molecule has 126 valence electrons. The van der Waals surface area contributed by atoms with Gasteiger partial charge >= 0.3 is 0 Å². The second kappa shape index (κ2) is 7.13. The lowest BCUT2D eigenvalue weighted by Gasteiger charge is -2.34. The lowest BCUT2D eigenvalue weighted by Crippen LogP contribution is -2.38. The molecule has 1 fully saturated rings. The number of halogens is 1. The van der Waals surface area contributed by atoms with E-state index in [1.54, 1.807) is 0 Å². The monoisotopic (exact) mass is 389 g/mol. The Morgan fingerprint density at radius 3 is 2.83 bits per heavy atom. The van der Waals surface area contributed by atoms with Gasteiger partial charge < -0.3 is 14.2 Å². The van der Waals surface area contributed by atoms with Crippen LogP contribution < -0.4 is 9.47 Å². The minimum Gasteiger partial charge on any atom is -0.486 e. The van der Waals surface area contributed by atoms with Crippen molar-refractivity contribution in [2.75, 3.05) is 32.9 Å². The highest BCUT2D eigenvalue weighted by Gasteiger charge is 2.24. The van der Waals surface area contributed by atoms with Gasteiger partial charge in [-0.05, 0) is 23.8 Å². The predicted molar refractivity (Wildman–Crippen MR) is 95.5 cm³/mol. The fraction of sp³-hybridized carbons (Fsp3) is 0.368. The van der Waals surface area contributed by atoms with E-state index in [4.69, 9.17) is 14.2 Å². The molecule has 0 aliphatic carbocycles. The van der Waals surface area contributed by atoms with E-state index in [1.165, 1.54) is 11.1 Å². The predicted octanol–water partition coefficient (Wildman–Crippen LogP) is 3.79. The van der Waals surface area contributed by atoms with E-state index < -0.39 is 0 Å². The molecule has 2 heterocycles. The molecule has 2 aromatic carbocycles. The van der Waals surface area contributed by atoms with E-state index in [9.17, 15) is 0 Å². The molecule has 0 radical (unpaired) electrons. The normalized spacial score (nSPS) is 20.8. The highest BCUT2D eigenvalue weighted by atomic mass is 79.9. The Labute approximate surface area is 150 Å². The van der Waals surface area contributed by atoms with Gasteiger partial charge in [0.2, 0.25) is 0 Å². The Bertz CT molecular complexity index is 722. The molecular weight excluding hydrogens is 370 g/mol. The van der Waals surface area contributed by atoms with Crippen LogP contribution in [0, 0.1) is 0 Å². The number of hydrogen-bond acceptors (Lipinski definition) is 4. The maximum atomic E-state index is 5.98. The molecule has 0 amide bonds. The summed E-state index contributed by atoms with van der Waals surface area (Å²) in [6.45, 7) is 4.63. The van der Waals surface area contributed by atoms with Crippen LogP contribution in [0.1, 0.15) is 17.2 Å². The van der Waals surface area contributed by atoms with E-state index >= 15 is 0 Å². The fourth-order valence-electron chi connectivity index (χ4n) is 3.25. The Kier molecular flexibility index (Phi) is 4.74. The van der Waals surface area contributed by atoms with Crippen LogP contribution >= 0.6 is 15.9 Å². The summed E-state index contributed by atoms with van der Waals surface area (Å²) < 4.78 is 18.6. The molecule has 4 nitrogen and oxygen atoms in total. The summed E-state index contributed by atoms with van der Waals surface area (Å²) in [5.74, 6) is 1.75. The summed E-state index contributed by atoms with van der Waals surface area (Å²) in [6, 6.07) is 14.5. The smallest absolute Gasteiger partial charge is 0.165 e. The molecule has 2 aliphatic rings. The van der Waals surface area contributed by atoms with Crippen LogP contribution in [0.2, 0.25) is 0 Å². The third-order valence-corrected chi connectivity index (χ3v) is 4.91. The zero-order valence-corrected chi connectivity index (χ0v) is 15.0. The van der Waals surface area contributed by atoms with Gasteiger partial charge in [-0.1, -0.05) is 40.2 Å². The van der Waals surface area contributed by atoms with Crippen LogP contribution in [0.3, 0.4) is 0 Å². The standard InChI is InChI=1S/C19H20BrNO3/c20-16-5-1-3-14(11-16)18-13-21(7-8-22-18)12-15-4-2-6-17-19(15)24-10-9-23-17/h1-6,11,18H,7-10,12-13H2/t18-/m0/s1. The highest BCUT2D eigenvalue weighted by molar-refractivity contribution is 9.10. The molecule has 2 aromatic rings. The number of nitrogens with zero attached hydrogens (tertiary/aromatic N) is 1. The average molecular weight is 390 g/mol. The van der Waals surface area contributed by atoms with Crippen LogP contribution in [0.25, 0.3) is 0 Å². The van der Waals surface area contributed by atoms with E-state index in [1.807, 2.05) is 18.2 Å². The molecule has 0 unspecified atom stereocenters. The first-order valence-corrected chi connectivity index (χ1v) is 9.06. The Morgan fingerprint density at radius 2 is 1.92 bits per heavy atom. The molecule has 5 heteroatoms. The molecule has 24 heavy (non-hydrogen) atoms. The van der Waals surface area contributed by atoms with Crippen LogP contribution in [0.4, 0.5) is 0 Å². The molecular formula is C19H20BrNO3. The van der Waals surface area contributed by atoms with Gasteiger partial charge in [0.05, 0.1) is 12.7 Å². The Morgan fingerprint density at radius 1 is 1.04 bits per heavy atom. The molecule has 2 aliphatic heterocycles. The van der Waals surface area contributed by atoms with Gasteiger partial charge in [-0.15, -0.1) is 0 Å². The second-order valence-electron chi connectivity index (χ2n) is 6.09. The van der Waals surface area contributed by atoms with Crippen molar-refractivity contribution >= 4 is 15.9 Å². The molecule has 0 saturated carbocycles. The van der Waals surface area contributed by atoms with E-state index in [0.29, 0.717) is 13.2 Å². The number of hydrogen-bond donors (Lipinski definition) is 0.